The molecule has 0 aliphatic heterocycles. The quantitative estimate of drug-likeness (QED) is 0.906. The molecule has 2 N–H and O–H groups in total. The van der Waals surface area contributed by atoms with Crippen molar-refractivity contribution in [2.24, 2.45) is 5.73 Å². The summed E-state index contributed by atoms with van der Waals surface area (Å²) >= 11 is 1.43. The number of ether oxygens (including phenoxy) is 1. The fourth-order valence-corrected chi connectivity index (χ4v) is 2.00. The number of thiazole rings is 1. The molecule has 0 aromatic carbocycles. The summed E-state index contributed by atoms with van der Waals surface area (Å²) in [6.07, 6.45) is -0.291. The van der Waals surface area contributed by atoms with Gasteiger partial charge in [0.2, 0.25) is 5.91 Å². The molecule has 0 saturated carbocycles. The molecule has 6 nitrogen and oxygen atoms in total. The Morgan fingerprint density at radius 1 is 1.53 bits per heavy atom. The molecule has 106 valence electrons. The number of nitrogens with two attached hydrogens (primary N) is 1. The fraction of sp³-hybridized carbons (Fsp3) is 0.583. The third-order valence-corrected chi connectivity index (χ3v) is 3.00. The maximum atomic E-state index is 11.9. The highest BCUT2D eigenvalue weighted by atomic mass is 32.1. The Kier molecular flexibility index (Phi) is 4.88. The number of amides is 2. The lowest BCUT2D eigenvalue weighted by molar-refractivity contribution is -0.122. The lowest BCUT2D eigenvalue weighted by Crippen LogP contribution is -2.48. The van der Waals surface area contributed by atoms with Crippen molar-refractivity contribution in [3.63, 3.8) is 0 Å². The summed E-state index contributed by atoms with van der Waals surface area (Å²) in [7, 11) is 1.50. The van der Waals surface area contributed by atoms with Crippen LogP contribution in [0.3, 0.4) is 0 Å². The van der Waals surface area contributed by atoms with E-state index in [2.05, 4.69) is 4.98 Å². The Bertz CT molecular complexity index is 440. The van der Waals surface area contributed by atoms with E-state index in [4.69, 9.17) is 10.5 Å². The Morgan fingerprint density at radius 2 is 2.16 bits per heavy atom. The zero-order valence-corrected chi connectivity index (χ0v) is 12.4. The smallest absolute Gasteiger partial charge is 0.410 e. The molecule has 2 amide bonds. The van der Waals surface area contributed by atoms with Crippen LogP contribution < -0.4 is 5.73 Å². The third-order valence-electron chi connectivity index (χ3n) is 2.36. The maximum Gasteiger partial charge on any atom is 0.410 e. The van der Waals surface area contributed by atoms with Crippen molar-refractivity contribution in [1.82, 2.24) is 9.88 Å². The average molecular weight is 285 g/mol. The Labute approximate surface area is 116 Å². The molecule has 0 fully saturated rings. The van der Waals surface area contributed by atoms with Gasteiger partial charge in [-0.3, -0.25) is 9.69 Å². The molecule has 0 aliphatic carbocycles. The molecule has 19 heavy (non-hydrogen) atoms. The van der Waals surface area contributed by atoms with Crippen LogP contribution in [0.15, 0.2) is 10.9 Å². The van der Waals surface area contributed by atoms with Crippen LogP contribution >= 0.6 is 11.3 Å². The number of hydrogen-bond acceptors (Lipinski definition) is 5. The highest BCUT2D eigenvalue weighted by Crippen LogP contribution is 2.13. The zero-order valence-electron chi connectivity index (χ0n) is 11.5. The summed E-state index contributed by atoms with van der Waals surface area (Å²) in [5.41, 5.74) is 7.12. The SMILES string of the molecule is CN(C(=O)OC(C)(C)C)[C@@H](Cc1cscn1)C(N)=O. The monoisotopic (exact) mass is 285 g/mol. The minimum Gasteiger partial charge on any atom is -0.444 e. The molecule has 0 bridgehead atoms. The van der Waals surface area contributed by atoms with E-state index in [0.29, 0.717) is 0 Å². The third kappa shape index (κ3) is 4.86. The van der Waals surface area contributed by atoms with Gasteiger partial charge in [-0.2, -0.15) is 0 Å². The van der Waals surface area contributed by atoms with E-state index in [1.54, 1.807) is 26.3 Å². The Balaban J connectivity index is 2.76. The van der Waals surface area contributed by atoms with Crippen molar-refractivity contribution < 1.29 is 14.3 Å². The van der Waals surface area contributed by atoms with Gasteiger partial charge in [0, 0.05) is 18.8 Å². The molecule has 1 aromatic rings. The minimum atomic E-state index is -0.767. The number of carbonyl (C=O) groups is 2. The zero-order chi connectivity index (χ0) is 14.6. The van der Waals surface area contributed by atoms with Crippen LogP contribution in [0.1, 0.15) is 26.5 Å². The van der Waals surface area contributed by atoms with E-state index in [1.807, 2.05) is 5.38 Å². The molecule has 1 heterocycles. The first kappa shape index (κ1) is 15.4. The second-order valence-corrected chi connectivity index (χ2v) is 5.91. The van der Waals surface area contributed by atoms with Gasteiger partial charge in [0.05, 0.1) is 11.2 Å². The maximum absolute atomic E-state index is 11.9. The van der Waals surface area contributed by atoms with Gasteiger partial charge < -0.3 is 10.5 Å². The van der Waals surface area contributed by atoms with Crippen molar-refractivity contribution in [3.05, 3.63) is 16.6 Å². The predicted molar refractivity (Wildman–Crippen MR) is 72.8 cm³/mol. The van der Waals surface area contributed by atoms with Crippen LogP contribution in [-0.2, 0) is 16.0 Å². The molecule has 1 rings (SSSR count). The molecule has 0 aliphatic rings. The number of aromatic nitrogens is 1. The van der Waals surface area contributed by atoms with E-state index in [9.17, 15) is 9.59 Å². The van der Waals surface area contributed by atoms with Gasteiger partial charge >= 0.3 is 6.09 Å². The lowest BCUT2D eigenvalue weighted by Gasteiger charge is -2.28. The summed E-state index contributed by atoms with van der Waals surface area (Å²) in [5, 5.41) is 1.82. The summed E-state index contributed by atoms with van der Waals surface area (Å²) in [5.74, 6) is -0.582. The molecule has 1 atom stereocenters. The molecule has 7 heteroatoms. The van der Waals surface area contributed by atoms with Gasteiger partial charge in [0.15, 0.2) is 0 Å². The Hall–Kier alpha value is -1.63. The average Bonchev–Trinajstić information content (AvgIpc) is 2.74. The van der Waals surface area contributed by atoms with Crippen LogP contribution in [0, 0.1) is 0 Å². The van der Waals surface area contributed by atoms with Gasteiger partial charge in [-0.05, 0) is 20.8 Å². The van der Waals surface area contributed by atoms with Crippen LogP contribution in [0.25, 0.3) is 0 Å². The van der Waals surface area contributed by atoms with Crippen molar-refractivity contribution >= 4 is 23.3 Å². The fourth-order valence-electron chi connectivity index (χ4n) is 1.43. The number of likely N-dealkylation sites (N-methyl/N-ethyl adjacent to an activating group) is 1. The van der Waals surface area contributed by atoms with E-state index < -0.39 is 23.6 Å². The molecule has 1 aromatic heterocycles. The van der Waals surface area contributed by atoms with Gasteiger partial charge in [-0.15, -0.1) is 11.3 Å². The predicted octanol–water partition coefficient (Wildman–Crippen LogP) is 1.41. The summed E-state index contributed by atoms with van der Waals surface area (Å²) in [6.45, 7) is 5.29. The van der Waals surface area contributed by atoms with Gasteiger partial charge in [-0.25, -0.2) is 9.78 Å². The molecule has 0 saturated heterocycles. The van der Waals surface area contributed by atoms with Gasteiger partial charge in [0.1, 0.15) is 11.6 Å². The highest BCUT2D eigenvalue weighted by molar-refractivity contribution is 7.07. The topological polar surface area (TPSA) is 85.5 Å². The summed E-state index contributed by atoms with van der Waals surface area (Å²) in [4.78, 5) is 28.7. The first-order valence-corrected chi connectivity index (χ1v) is 6.77. The number of rotatable bonds is 4. The van der Waals surface area contributed by atoms with Gasteiger partial charge in [0.25, 0.3) is 0 Å². The standard InChI is InChI=1S/C12H19N3O3S/c1-12(2,3)18-11(17)15(4)9(10(13)16)5-8-6-19-7-14-8/h6-7,9H,5H2,1-4H3,(H2,13,16)/t9-/m0/s1. The second-order valence-electron chi connectivity index (χ2n) is 5.19. The summed E-state index contributed by atoms with van der Waals surface area (Å²) in [6, 6.07) is -0.767. The van der Waals surface area contributed by atoms with E-state index in [1.165, 1.54) is 23.3 Å². The molecular weight excluding hydrogens is 266 g/mol. The van der Waals surface area contributed by atoms with Gasteiger partial charge in [-0.1, -0.05) is 0 Å². The summed E-state index contributed by atoms with van der Waals surface area (Å²) < 4.78 is 5.21. The number of carbonyl (C=O) groups excluding carboxylic acids is 2. The van der Waals surface area contributed by atoms with Crippen molar-refractivity contribution in [1.29, 1.82) is 0 Å². The lowest BCUT2D eigenvalue weighted by atomic mass is 10.1. The van der Waals surface area contributed by atoms with Crippen molar-refractivity contribution in [2.45, 2.75) is 38.8 Å². The normalized spacial score (nSPS) is 12.8. The van der Waals surface area contributed by atoms with Crippen LogP contribution in [0.2, 0.25) is 0 Å². The number of nitrogens with zero attached hydrogens (tertiary/aromatic N) is 2. The highest BCUT2D eigenvalue weighted by Gasteiger charge is 2.29. The first-order chi connectivity index (χ1) is 8.70. The van der Waals surface area contributed by atoms with Crippen LogP contribution in [-0.4, -0.2) is 40.6 Å². The Morgan fingerprint density at radius 3 is 2.58 bits per heavy atom. The van der Waals surface area contributed by atoms with E-state index in [-0.39, 0.29) is 6.42 Å². The minimum absolute atomic E-state index is 0.286. The largest absolute Gasteiger partial charge is 0.444 e. The van der Waals surface area contributed by atoms with Crippen molar-refractivity contribution in [2.75, 3.05) is 7.05 Å². The molecule has 0 unspecified atom stereocenters. The number of hydrogen-bond donors (Lipinski definition) is 1. The van der Waals surface area contributed by atoms with Crippen LogP contribution in [0.5, 0.6) is 0 Å². The number of primary amides is 1. The van der Waals surface area contributed by atoms with E-state index >= 15 is 0 Å². The molecule has 0 spiro atoms. The van der Waals surface area contributed by atoms with Crippen LogP contribution in [0.4, 0.5) is 4.79 Å². The molecule has 0 radical (unpaired) electrons. The second kappa shape index (κ2) is 6.01. The van der Waals surface area contributed by atoms with E-state index in [0.717, 1.165) is 5.69 Å². The van der Waals surface area contributed by atoms with Crippen molar-refractivity contribution in [3.8, 4) is 0 Å². The molecular formula is C12H19N3O3S. The first-order valence-electron chi connectivity index (χ1n) is 5.83.